The van der Waals surface area contributed by atoms with E-state index in [9.17, 15) is 13.6 Å². The molecule has 0 fully saturated rings. The minimum Gasteiger partial charge on any atom is -0.293 e. The van der Waals surface area contributed by atoms with Crippen molar-refractivity contribution in [1.29, 1.82) is 0 Å². The van der Waals surface area contributed by atoms with Crippen LogP contribution in [0.3, 0.4) is 0 Å². The average molecular weight is 356 g/mol. The summed E-state index contributed by atoms with van der Waals surface area (Å²) in [5.74, 6) is -0.183. The van der Waals surface area contributed by atoms with E-state index in [1.807, 2.05) is 0 Å². The van der Waals surface area contributed by atoms with E-state index in [2.05, 4.69) is 31.9 Å². The number of ketones is 1. The molecular formula is C11H10Br2F2O. The lowest BCUT2D eigenvalue weighted by Crippen LogP contribution is -2.12. The molecule has 0 saturated carbocycles. The van der Waals surface area contributed by atoms with Gasteiger partial charge in [0.15, 0.2) is 5.78 Å². The molecule has 0 aliphatic heterocycles. The van der Waals surface area contributed by atoms with Gasteiger partial charge in [0, 0.05) is 16.5 Å². The van der Waals surface area contributed by atoms with Crippen LogP contribution < -0.4 is 0 Å². The van der Waals surface area contributed by atoms with Crippen molar-refractivity contribution in [3.63, 3.8) is 0 Å². The van der Waals surface area contributed by atoms with E-state index in [1.54, 1.807) is 13.0 Å². The molecule has 5 heteroatoms. The number of carbonyl (C=O) groups is 1. The number of carbonyl (C=O) groups excluding carboxylic acids is 1. The standard InChI is InChI=1S/C11H10Br2F2O/c1-6(13)10(16)9-4-7(11(14)15)2-3-8(9)5-12/h2-4,6,11H,5H2,1H3. The highest BCUT2D eigenvalue weighted by Crippen LogP contribution is 2.25. The van der Waals surface area contributed by atoms with Gasteiger partial charge >= 0.3 is 0 Å². The Morgan fingerprint density at radius 3 is 2.50 bits per heavy atom. The lowest BCUT2D eigenvalue weighted by Gasteiger charge is -2.10. The second kappa shape index (κ2) is 5.87. The van der Waals surface area contributed by atoms with Crippen LogP contribution in [0.4, 0.5) is 8.78 Å². The Labute approximate surface area is 109 Å². The maximum absolute atomic E-state index is 12.5. The van der Waals surface area contributed by atoms with Gasteiger partial charge in [-0.25, -0.2) is 8.78 Å². The van der Waals surface area contributed by atoms with Crippen molar-refractivity contribution in [2.24, 2.45) is 0 Å². The van der Waals surface area contributed by atoms with E-state index in [0.717, 1.165) is 5.56 Å². The Balaban J connectivity index is 3.22. The molecule has 0 heterocycles. The third kappa shape index (κ3) is 3.10. The topological polar surface area (TPSA) is 17.1 Å². The minimum atomic E-state index is -2.55. The fourth-order valence-electron chi connectivity index (χ4n) is 1.29. The molecule has 0 amide bonds. The molecule has 0 N–H and O–H groups in total. The van der Waals surface area contributed by atoms with E-state index in [0.29, 0.717) is 10.9 Å². The molecule has 16 heavy (non-hydrogen) atoms. The molecule has 88 valence electrons. The van der Waals surface area contributed by atoms with Crippen molar-refractivity contribution in [2.75, 3.05) is 0 Å². The number of hydrogen-bond donors (Lipinski definition) is 0. The highest BCUT2D eigenvalue weighted by molar-refractivity contribution is 9.10. The number of rotatable bonds is 4. The largest absolute Gasteiger partial charge is 0.293 e. The summed E-state index contributed by atoms with van der Waals surface area (Å²) in [6, 6.07) is 4.16. The van der Waals surface area contributed by atoms with Crippen molar-refractivity contribution < 1.29 is 13.6 Å². The summed E-state index contributed by atoms with van der Waals surface area (Å²) < 4.78 is 25.0. The first-order chi connectivity index (χ1) is 7.47. The van der Waals surface area contributed by atoms with Gasteiger partial charge in [0.25, 0.3) is 6.43 Å². The van der Waals surface area contributed by atoms with Crippen molar-refractivity contribution in [2.45, 2.75) is 23.5 Å². The molecule has 0 spiro atoms. The van der Waals surface area contributed by atoms with Crippen LogP contribution in [0.15, 0.2) is 18.2 Å². The molecule has 1 nitrogen and oxygen atoms in total. The number of benzene rings is 1. The lowest BCUT2D eigenvalue weighted by molar-refractivity contribution is 0.0994. The Kier molecular flexibility index (Phi) is 5.05. The van der Waals surface area contributed by atoms with E-state index < -0.39 is 6.43 Å². The van der Waals surface area contributed by atoms with Gasteiger partial charge in [-0.3, -0.25) is 4.79 Å². The fourth-order valence-corrected chi connectivity index (χ4v) is 2.03. The third-order valence-corrected chi connectivity index (χ3v) is 3.18. The summed E-state index contributed by atoms with van der Waals surface area (Å²) in [6.45, 7) is 1.68. The molecule has 0 bridgehead atoms. The zero-order valence-electron chi connectivity index (χ0n) is 8.51. The summed E-state index contributed by atoms with van der Waals surface area (Å²) in [4.78, 5) is 11.4. The maximum Gasteiger partial charge on any atom is 0.263 e. The van der Waals surface area contributed by atoms with Gasteiger partial charge in [-0.1, -0.05) is 44.0 Å². The van der Waals surface area contributed by atoms with E-state index >= 15 is 0 Å². The quantitative estimate of drug-likeness (QED) is 0.574. The molecule has 1 rings (SSSR count). The van der Waals surface area contributed by atoms with Gasteiger partial charge in [0.2, 0.25) is 0 Å². The zero-order chi connectivity index (χ0) is 12.3. The molecule has 0 saturated heterocycles. The van der Waals surface area contributed by atoms with Gasteiger partial charge in [-0.15, -0.1) is 0 Å². The maximum atomic E-state index is 12.5. The third-order valence-electron chi connectivity index (χ3n) is 2.16. The van der Waals surface area contributed by atoms with Crippen molar-refractivity contribution in [1.82, 2.24) is 0 Å². The number of Topliss-reactive ketones (excluding diaryl/α,β-unsaturated/α-hetero) is 1. The first-order valence-corrected chi connectivity index (χ1v) is 6.66. The van der Waals surface area contributed by atoms with Crippen molar-refractivity contribution >= 4 is 37.6 Å². The van der Waals surface area contributed by atoms with Crippen LogP contribution in [0.2, 0.25) is 0 Å². The van der Waals surface area contributed by atoms with E-state index in [1.165, 1.54) is 12.1 Å². The summed E-state index contributed by atoms with van der Waals surface area (Å²) in [7, 11) is 0. The SMILES string of the molecule is CC(Br)C(=O)c1cc(C(F)F)ccc1CBr. The Bertz CT molecular complexity index is 392. The van der Waals surface area contributed by atoms with Crippen LogP contribution in [0, 0.1) is 0 Å². The fraction of sp³-hybridized carbons (Fsp3) is 0.364. The highest BCUT2D eigenvalue weighted by atomic mass is 79.9. The Morgan fingerprint density at radius 1 is 1.44 bits per heavy atom. The molecule has 0 aromatic heterocycles. The van der Waals surface area contributed by atoms with E-state index in [4.69, 9.17) is 0 Å². The van der Waals surface area contributed by atoms with Crippen LogP contribution in [0.5, 0.6) is 0 Å². The lowest BCUT2D eigenvalue weighted by atomic mass is 10.0. The molecule has 0 aliphatic rings. The predicted octanol–water partition coefficient (Wildman–Crippen LogP) is 4.49. The van der Waals surface area contributed by atoms with Gasteiger partial charge in [-0.05, 0) is 18.6 Å². The summed E-state index contributed by atoms with van der Waals surface area (Å²) in [6.07, 6.45) is -2.55. The minimum absolute atomic E-state index is 0.124. The summed E-state index contributed by atoms with van der Waals surface area (Å²) in [5.41, 5.74) is 0.945. The number of hydrogen-bond acceptors (Lipinski definition) is 1. The average Bonchev–Trinajstić information content (AvgIpc) is 2.26. The molecule has 0 aliphatic carbocycles. The zero-order valence-corrected chi connectivity index (χ0v) is 11.7. The molecule has 1 unspecified atom stereocenters. The normalized spacial score (nSPS) is 12.9. The first kappa shape index (κ1) is 13.8. The van der Waals surface area contributed by atoms with Crippen LogP contribution in [0.25, 0.3) is 0 Å². The first-order valence-electron chi connectivity index (χ1n) is 4.62. The van der Waals surface area contributed by atoms with Crippen LogP contribution >= 0.6 is 31.9 Å². The second-order valence-corrected chi connectivity index (χ2v) is 5.27. The van der Waals surface area contributed by atoms with Gasteiger partial charge in [0.05, 0.1) is 4.83 Å². The second-order valence-electron chi connectivity index (χ2n) is 3.33. The van der Waals surface area contributed by atoms with Crippen molar-refractivity contribution in [3.8, 4) is 0 Å². The predicted molar refractivity (Wildman–Crippen MR) is 66.7 cm³/mol. The van der Waals surface area contributed by atoms with Gasteiger partial charge in [0.1, 0.15) is 0 Å². The molecule has 1 atom stereocenters. The Hall–Kier alpha value is -0.290. The highest BCUT2D eigenvalue weighted by Gasteiger charge is 2.18. The molecule has 1 aromatic carbocycles. The van der Waals surface area contributed by atoms with Crippen LogP contribution in [-0.4, -0.2) is 10.6 Å². The van der Waals surface area contributed by atoms with E-state index in [-0.39, 0.29) is 16.2 Å². The van der Waals surface area contributed by atoms with Crippen LogP contribution in [-0.2, 0) is 5.33 Å². The van der Waals surface area contributed by atoms with Crippen LogP contribution in [0.1, 0.15) is 34.8 Å². The number of halogens is 4. The molecule has 1 aromatic rings. The van der Waals surface area contributed by atoms with Gasteiger partial charge in [-0.2, -0.15) is 0 Å². The van der Waals surface area contributed by atoms with Crippen molar-refractivity contribution in [3.05, 3.63) is 34.9 Å². The molecular weight excluding hydrogens is 346 g/mol. The smallest absolute Gasteiger partial charge is 0.263 e. The monoisotopic (exact) mass is 354 g/mol. The summed E-state index contributed by atoms with van der Waals surface area (Å²) >= 11 is 6.38. The summed E-state index contributed by atoms with van der Waals surface area (Å²) in [5, 5.41) is 0.470. The molecule has 0 radical (unpaired) electrons. The van der Waals surface area contributed by atoms with Gasteiger partial charge < -0.3 is 0 Å². The number of alkyl halides is 4. The Morgan fingerprint density at radius 2 is 2.06 bits per heavy atom.